The van der Waals surface area contributed by atoms with Gasteiger partial charge in [0.2, 0.25) is 0 Å². The second-order valence-corrected chi connectivity index (χ2v) is 6.45. The lowest BCUT2D eigenvalue weighted by atomic mass is 10.2. The number of anilines is 1. The Labute approximate surface area is 133 Å². The summed E-state index contributed by atoms with van der Waals surface area (Å²) in [6.45, 7) is 3.92. The van der Waals surface area contributed by atoms with Crippen molar-refractivity contribution >= 4 is 26.7 Å². The molecule has 0 fully saturated rings. The molecule has 0 radical (unpaired) electrons. The summed E-state index contributed by atoms with van der Waals surface area (Å²) in [6.07, 6.45) is 1.62. The third kappa shape index (κ3) is 3.04. The van der Waals surface area contributed by atoms with E-state index in [0.29, 0.717) is 23.3 Å². The molecule has 0 bridgehead atoms. The van der Waals surface area contributed by atoms with Crippen LogP contribution in [0.1, 0.15) is 0 Å². The molecule has 1 heterocycles. The van der Waals surface area contributed by atoms with Gasteiger partial charge in [0.25, 0.3) is 10.0 Å². The topological polar surface area (TPSA) is 84.1 Å². The highest BCUT2D eigenvalue weighted by molar-refractivity contribution is 7.92. The van der Waals surface area contributed by atoms with Gasteiger partial charge in [0, 0.05) is 0 Å². The third-order valence-corrected chi connectivity index (χ3v) is 4.55. The summed E-state index contributed by atoms with van der Waals surface area (Å²) in [5, 5.41) is 7.43. The van der Waals surface area contributed by atoms with Crippen LogP contribution in [0.5, 0.6) is 5.75 Å². The monoisotopic (exact) mass is 329 g/mol. The Morgan fingerprint density at radius 3 is 2.70 bits per heavy atom. The van der Waals surface area contributed by atoms with E-state index in [0.717, 1.165) is 0 Å². The second kappa shape index (κ2) is 6.13. The first kappa shape index (κ1) is 15.1. The van der Waals surface area contributed by atoms with Gasteiger partial charge in [-0.15, -0.1) is 0 Å². The van der Waals surface area contributed by atoms with E-state index in [1.54, 1.807) is 42.5 Å². The molecule has 6 nitrogen and oxygen atoms in total. The van der Waals surface area contributed by atoms with Gasteiger partial charge in [0.15, 0.2) is 5.82 Å². The number of rotatable bonds is 6. The van der Waals surface area contributed by atoms with Crippen molar-refractivity contribution in [3.05, 3.63) is 61.2 Å². The molecule has 0 aliphatic rings. The van der Waals surface area contributed by atoms with Gasteiger partial charge in [-0.1, -0.05) is 36.9 Å². The van der Waals surface area contributed by atoms with E-state index in [-0.39, 0.29) is 10.7 Å². The van der Waals surface area contributed by atoms with E-state index >= 15 is 0 Å². The highest BCUT2D eigenvalue weighted by Gasteiger charge is 2.19. The lowest BCUT2D eigenvalue weighted by molar-refractivity contribution is 0.368. The Hall–Kier alpha value is -2.80. The number of fused-ring (bicyclic) bond motifs is 1. The maximum atomic E-state index is 12.4. The number of sulfonamides is 1. The minimum Gasteiger partial charge on any atom is -0.489 e. The molecule has 7 heteroatoms. The molecule has 0 saturated heterocycles. The summed E-state index contributed by atoms with van der Waals surface area (Å²) < 4.78 is 33.0. The van der Waals surface area contributed by atoms with Crippen LogP contribution in [-0.2, 0) is 10.0 Å². The van der Waals surface area contributed by atoms with E-state index < -0.39 is 10.0 Å². The third-order valence-electron chi connectivity index (χ3n) is 3.19. The Bertz CT molecular complexity index is 934. The van der Waals surface area contributed by atoms with Crippen molar-refractivity contribution in [3.8, 4) is 5.75 Å². The lowest BCUT2D eigenvalue weighted by Crippen LogP contribution is -2.13. The summed E-state index contributed by atoms with van der Waals surface area (Å²) in [5.74, 6) is 0.727. The molecule has 23 heavy (non-hydrogen) atoms. The Balaban J connectivity index is 2.02. The van der Waals surface area contributed by atoms with Crippen molar-refractivity contribution in [1.29, 1.82) is 0 Å². The van der Waals surface area contributed by atoms with Gasteiger partial charge >= 0.3 is 0 Å². The number of hydrogen-bond donors (Lipinski definition) is 2. The van der Waals surface area contributed by atoms with Crippen molar-refractivity contribution in [3.63, 3.8) is 0 Å². The van der Waals surface area contributed by atoms with Crippen LogP contribution in [0.15, 0.2) is 66.1 Å². The van der Waals surface area contributed by atoms with Gasteiger partial charge in [-0.25, -0.2) is 8.42 Å². The van der Waals surface area contributed by atoms with Gasteiger partial charge in [0.1, 0.15) is 12.4 Å². The van der Waals surface area contributed by atoms with Crippen LogP contribution in [0.2, 0.25) is 0 Å². The first-order valence-electron chi connectivity index (χ1n) is 6.90. The zero-order chi connectivity index (χ0) is 16.3. The number of benzene rings is 2. The average molecular weight is 329 g/mol. The first-order chi connectivity index (χ1) is 11.1. The summed E-state index contributed by atoms with van der Waals surface area (Å²) >= 11 is 0. The number of nitrogens with one attached hydrogen (secondary N) is 2. The summed E-state index contributed by atoms with van der Waals surface area (Å²) in [7, 11) is -3.72. The van der Waals surface area contributed by atoms with E-state index in [1.807, 2.05) is 0 Å². The normalized spacial score (nSPS) is 11.3. The minimum absolute atomic E-state index is 0.167. The molecule has 0 aliphatic heterocycles. The molecule has 0 aliphatic carbocycles. The molecule has 3 rings (SSSR count). The van der Waals surface area contributed by atoms with Crippen LogP contribution in [0.25, 0.3) is 10.9 Å². The molecule has 118 valence electrons. The van der Waals surface area contributed by atoms with Gasteiger partial charge < -0.3 is 4.74 Å². The number of aromatic nitrogens is 2. The highest BCUT2D eigenvalue weighted by atomic mass is 32.2. The number of H-pyrrole nitrogens is 1. The minimum atomic E-state index is -3.72. The molecule has 0 saturated carbocycles. The van der Waals surface area contributed by atoms with Crippen LogP contribution in [0, 0.1) is 0 Å². The molecular formula is C16H15N3O3S. The summed E-state index contributed by atoms with van der Waals surface area (Å²) in [5.41, 5.74) is 0.678. The molecule has 0 atom stereocenters. The van der Waals surface area contributed by atoms with Crippen molar-refractivity contribution in [1.82, 2.24) is 10.2 Å². The fourth-order valence-corrected chi connectivity index (χ4v) is 3.20. The van der Waals surface area contributed by atoms with E-state index in [4.69, 9.17) is 4.74 Å². The zero-order valence-corrected chi connectivity index (χ0v) is 13.0. The highest BCUT2D eigenvalue weighted by Crippen LogP contribution is 2.31. The van der Waals surface area contributed by atoms with Crippen LogP contribution < -0.4 is 9.46 Å². The molecule has 0 unspecified atom stereocenters. The average Bonchev–Trinajstić information content (AvgIpc) is 2.97. The van der Waals surface area contributed by atoms with Gasteiger partial charge in [0.05, 0.1) is 15.8 Å². The summed E-state index contributed by atoms with van der Waals surface area (Å²) in [4.78, 5) is 0.167. The van der Waals surface area contributed by atoms with E-state index in [9.17, 15) is 8.42 Å². The quantitative estimate of drug-likeness (QED) is 0.681. The SMILES string of the molecule is C=CCOc1cccc2[nH]nc(NS(=O)(=O)c3ccccc3)c12. The predicted molar refractivity (Wildman–Crippen MR) is 89.0 cm³/mol. The van der Waals surface area contributed by atoms with E-state index in [1.165, 1.54) is 12.1 Å². The Morgan fingerprint density at radius 1 is 1.17 bits per heavy atom. The smallest absolute Gasteiger partial charge is 0.263 e. The summed E-state index contributed by atoms with van der Waals surface area (Å²) in [6, 6.07) is 13.5. The molecule has 1 aromatic heterocycles. The Morgan fingerprint density at radius 2 is 1.96 bits per heavy atom. The molecule has 0 amide bonds. The number of aromatic amines is 1. The number of hydrogen-bond acceptors (Lipinski definition) is 4. The van der Waals surface area contributed by atoms with E-state index in [2.05, 4.69) is 21.5 Å². The predicted octanol–water partition coefficient (Wildman–Crippen LogP) is 2.93. The largest absolute Gasteiger partial charge is 0.489 e. The molecule has 0 spiro atoms. The van der Waals surface area contributed by atoms with Crippen LogP contribution >= 0.6 is 0 Å². The maximum Gasteiger partial charge on any atom is 0.263 e. The van der Waals surface area contributed by atoms with Crippen LogP contribution in [-0.4, -0.2) is 25.2 Å². The fraction of sp³-hybridized carbons (Fsp3) is 0.0625. The number of ether oxygens (including phenoxy) is 1. The van der Waals surface area contributed by atoms with Gasteiger partial charge in [-0.2, -0.15) is 5.10 Å². The maximum absolute atomic E-state index is 12.4. The fourth-order valence-electron chi connectivity index (χ4n) is 2.17. The van der Waals surface area contributed by atoms with Crippen molar-refractivity contribution in [2.24, 2.45) is 0 Å². The van der Waals surface area contributed by atoms with Crippen molar-refractivity contribution < 1.29 is 13.2 Å². The van der Waals surface area contributed by atoms with Gasteiger partial charge in [-0.05, 0) is 24.3 Å². The van der Waals surface area contributed by atoms with Crippen LogP contribution in [0.4, 0.5) is 5.82 Å². The molecule has 3 aromatic rings. The molecular weight excluding hydrogens is 314 g/mol. The Kier molecular flexibility index (Phi) is 4.03. The molecule has 2 aromatic carbocycles. The molecule has 2 N–H and O–H groups in total. The standard InChI is InChI=1S/C16H15N3O3S/c1-2-11-22-14-10-6-9-13-15(14)16(18-17-13)19-23(20,21)12-7-4-3-5-8-12/h2-10H,1,11H2,(H2,17,18,19). The zero-order valence-electron chi connectivity index (χ0n) is 12.2. The first-order valence-corrected chi connectivity index (χ1v) is 8.39. The van der Waals surface area contributed by atoms with Gasteiger partial charge in [-0.3, -0.25) is 9.82 Å². The van der Waals surface area contributed by atoms with Crippen molar-refractivity contribution in [2.45, 2.75) is 4.90 Å². The van der Waals surface area contributed by atoms with Crippen molar-refractivity contribution in [2.75, 3.05) is 11.3 Å². The second-order valence-electron chi connectivity index (χ2n) is 4.77. The number of nitrogens with zero attached hydrogens (tertiary/aromatic N) is 1. The lowest BCUT2D eigenvalue weighted by Gasteiger charge is -2.08. The van der Waals surface area contributed by atoms with Crippen LogP contribution in [0.3, 0.4) is 0 Å².